The number of aromatic carboxylic acids is 1. The Kier molecular flexibility index (Phi) is 6.63. The van der Waals surface area contributed by atoms with Crippen LogP contribution >= 0.6 is 15.9 Å². The van der Waals surface area contributed by atoms with Gasteiger partial charge in [0, 0.05) is 11.3 Å². The predicted octanol–water partition coefficient (Wildman–Crippen LogP) is 4.51. The van der Waals surface area contributed by atoms with E-state index in [-0.39, 0.29) is 11.5 Å². The van der Waals surface area contributed by atoms with Crippen molar-refractivity contribution in [2.24, 2.45) is 0 Å². The minimum Gasteiger partial charge on any atom is -0.493 e. The molecule has 0 aliphatic heterocycles. The molecule has 2 aromatic rings. The summed E-state index contributed by atoms with van der Waals surface area (Å²) in [5.74, 6) is -0.320. The van der Waals surface area contributed by atoms with E-state index in [0.717, 1.165) is 0 Å². The lowest BCUT2D eigenvalue weighted by Crippen LogP contribution is -2.13. The van der Waals surface area contributed by atoms with Crippen molar-refractivity contribution in [2.75, 3.05) is 18.5 Å². The Labute approximate surface area is 160 Å². The number of nitrogens with one attached hydrogen (secondary N) is 1. The first-order valence-corrected chi connectivity index (χ1v) is 8.91. The molecule has 26 heavy (non-hydrogen) atoms. The van der Waals surface area contributed by atoms with Gasteiger partial charge in [0.1, 0.15) is 16.0 Å². The molecule has 0 heterocycles. The van der Waals surface area contributed by atoms with Gasteiger partial charge in [-0.1, -0.05) is 0 Å². The lowest BCUT2D eigenvalue weighted by Gasteiger charge is -2.14. The second-order valence-electron chi connectivity index (χ2n) is 5.44. The highest BCUT2D eigenvalue weighted by molar-refractivity contribution is 9.10. The van der Waals surface area contributed by atoms with Crippen LogP contribution in [0.15, 0.2) is 34.8 Å². The molecule has 0 saturated heterocycles. The summed E-state index contributed by atoms with van der Waals surface area (Å²) in [5, 5.41) is 11.8. The molecule has 0 spiro atoms. The number of anilines is 1. The van der Waals surface area contributed by atoms with Gasteiger partial charge in [0.15, 0.2) is 0 Å². The number of ether oxygens (including phenoxy) is 2. The van der Waals surface area contributed by atoms with Crippen LogP contribution < -0.4 is 14.8 Å². The zero-order chi connectivity index (χ0) is 19.3. The SMILES string of the molecule is CCOc1cc(C(=O)Nc2ccc(C(=O)O)c(C)c2)cc(OCC)c1Br. The van der Waals surface area contributed by atoms with E-state index in [4.69, 9.17) is 14.6 Å². The van der Waals surface area contributed by atoms with Gasteiger partial charge in [-0.3, -0.25) is 4.79 Å². The number of hydrogen-bond acceptors (Lipinski definition) is 4. The van der Waals surface area contributed by atoms with Gasteiger partial charge >= 0.3 is 5.97 Å². The van der Waals surface area contributed by atoms with Gasteiger partial charge in [-0.2, -0.15) is 0 Å². The minimum atomic E-state index is -1.00. The molecule has 0 radical (unpaired) electrons. The fraction of sp³-hybridized carbons (Fsp3) is 0.263. The smallest absolute Gasteiger partial charge is 0.335 e. The van der Waals surface area contributed by atoms with Gasteiger partial charge in [-0.05, 0) is 72.6 Å². The highest BCUT2D eigenvalue weighted by Gasteiger charge is 2.16. The van der Waals surface area contributed by atoms with E-state index in [1.54, 1.807) is 31.2 Å². The van der Waals surface area contributed by atoms with Crippen molar-refractivity contribution in [3.05, 3.63) is 51.5 Å². The molecular weight excluding hydrogens is 402 g/mol. The number of carboxylic acids is 1. The Morgan fingerprint density at radius 1 is 1.08 bits per heavy atom. The Bertz CT molecular complexity index is 808. The third-order valence-electron chi connectivity index (χ3n) is 3.58. The largest absolute Gasteiger partial charge is 0.493 e. The lowest BCUT2D eigenvalue weighted by molar-refractivity contribution is 0.0696. The van der Waals surface area contributed by atoms with Crippen LogP contribution in [0.25, 0.3) is 0 Å². The Morgan fingerprint density at radius 3 is 2.12 bits per heavy atom. The molecule has 0 aliphatic carbocycles. The summed E-state index contributed by atoms with van der Waals surface area (Å²) in [4.78, 5) is 23.7. The molecule has 0 fully saturated rings. The molecule has 2 aromatic carbocycles. The molecule has 6 nitrogen and oxygen atoms in total. The quantitative estimate of drug-likeness (QED) is 0.686. The number of rotatable bonds is 7. The second-order valence-corrected chi connectivity index (χ2v) is 6.23. The van der Waals surface area contributed by atoms with E-state index in [1.807, 2.05) is 13.8 Å². The third kappa shape index (κ3) is 4.54. The van der Waals surface area contributed by atoms with Crippen LogP contribution in [0.3, 0.4) is 0 Å². The first-order valence-electron chi connectivity index (χ1n) is 8.11. The Hall–Kier alpha value is -2.54. The van der Waals surface area contributed by atoms with E-state index in [0.29, 0.717) is 46.0 Å². The van der Waals surface area contributed by atoms with Gasteiger partial charge in [-0.15, -0.1) is 0 Å². The number of halogens is 1. The molecule has 7 heteroatoms. The minimum absolute atomic E-state index is 0.198. The fourth-order valence-electron chi connectivity index (χ4n) is 2.41. The van der Waals surface area contributed by atoms with Gasteiger partial charge in [-0.25, -0.2) is 4.79 Å². The summed E-state index contributed by atoms with van der Waals surface area (Å²) in [7, 11) is 0. The number of carbonyl (C=O) groups is 2. The number of aryl methyl sites for hydroxylation is 1. The van der Waals surface area contributed by atoms with Crippen LogP contribution in [0, 0.1) is 6.92 Å². The van der Waals surface area contributed by atoms with E-state index in [2.05, 4.69) is 21.2 Å². The van der Waals surface area contributed by atoms with Crippen molar-refractivity contribution in [3.63, 3.8) is 0 Å². The molecule has 0 unspecified atom stereocenters. The van der Waals surface area contributed by atoms with Crippen LogP contribution in [-0.2, 0) is 0 Å². The first-order chi connectivity index (χ1) is 12.4. The number of hydrogen-bond donors (Lipinski definition) is 2. The molecule has 0 atom stereocenters. The summed E-state index contributed by atoms with van der Waals surface area (Å²) in [6.07, 6.45) is 0. The van der Waals surface area contributed by atoms with Gasteiger partial charge in [0.05, 0.1) is 18.8 Å². The number of carboxylic acid groups (broad SMARTS) is 1. The van der Waals surface area contributed by atoms with Crippen LogP contribution in [0.4, 0.5) is 5.69 Å². The monoisotopic (exact) mass is 421 g/mol. The fourth-order valence-corrected chi connectivity index (χ4v) is 2.87. The number of benzene rings is 2. The second kappa shape index (κ2) is 8.71. The van der Waals surface area contributed by atoms with E-state index < -0.39 is 5.97 Å². The lowest BCUT2D eigenvalue weighted by atomic mass is 10.1. The molecule has 0 bridgehead atoms. The van der Waals surface area contributed by atoms with E-state index in [9.17, 15) is 9.59 Å². The summed E-state index contributed by atoms with van der Waals surface area (Å²) in [6, 6.07) is 7.90. The van der Waals surface area contributed by atoms with E-state index in [1.165, 1.54) is 6.07 Å². The van der Waals surface area contributed by atoms with Crippen molar-refractivity contribution < 1.29 is 24.2 Å². The average Bonchev–Trinajstić information content (AvgIpc) is 2.58. The molecule has 0 aromatic heterocycles. The summed E-state index contributed by atoms with van der Waals surface area (Å²) in [6.45, 7) is 6.29. The average molecular weight is 422 g/mol. The maximum atomic E-state index is 12.6. The highest BCUT2D eigenvalue weighted by atomic mass is 79.9. The summed E-state index contributed by atoms with van der Waals surface area (Å²) >= 11 is 3.43. The molecule has 138 valence electrons. The molecule has 0 aliphatic rings. The standard InChI is InChI=1S/C19H20BrNO5/c1-4-25-15-9-12(10-16(17(15)20)26-5-2)18(22)21-13-6-7-14(19(23)24)11(3)8-13/h6-10H,4-5H2,1-3H3,(H,21,22)(H,23,24). The number of carbonyl (C=O) groups excluding carboxylic acids is 1. The molecule has 2 rings (SSSR count). The summed E-state index contributed by atoms with van der Waals surface area (Å²) in [5.41, 5.74) is 1.65. The van der Waals surface area contributed by atoms with Gasteiger partial charge in [0.2, 0.25) is 0 Å². The highest BCUT2D eigenvalue weighted by Crippen LogP contribution is 2.36. The molecule has 0 saturated carbocycles. The van der Waals surface area contributed by atoms with Crippen molar-refractivity contribution in [3.8, 4) is 11.5 Å². The molecule has 2 N–H and O–H groups in total. The first kappa shape index (κ1) is 19.8. The Morgan fingerprint density at radius 2 is 1.65 bits per heavy atom. The predicted molar refractivity (Wildman–Crippen MR) is 103 cm³/mol. The van der Waals surface area contributed by atoms with E-state index >= 15 is 0 Å². The maximum absolute atomic E-state index is 12.6. The number of amides is 1. The van der Waals surface area contributed by atoms with Crippen molar-refractivity contribution >= 4 is 33.5 Å². The molecule has 1 amide bonds. The van der Waals surface area contributed by atoms with Crippen molar-refractivity contribution in [1.29, 1.82) is 0 Å². The van der Waals surface area contributed by atoms with Gasteiger partial charge in [0.25, 0.3) is 5.91 Å². The Balaban J connectivity index is 2.31. The van der Waals surface area contributed by atoms with Crippen molar-refractivity contribution in [1.82, 2.24) is 0 Å². The van der Waals surface area contributed by atoms with Crippen LogP contribution in [0.1, 0.15) is 40.1 Å². The third-order valence-corrected chi connectivity index (χ3v) is 4.36. The van der Waals surface area contributed by atoms with Crippen molar-refractivity contribution in [2.45, 2.75) is 20.8 Å². The summed E-state index contributed by atoms with van der Waals surface area (Å²) < 4.78 is 11.8. The normalized spacial score (nSPS) is 10.3. The topological polar surface area (TPSA) is 84.9 Å². The zero-order valence-corrected chi connectivity index (χ0v) is 16.3. The maximum Gasteiger partial charge on any atom is 0.335 e. The van der Waals surface area contributed by atoms with Crippen LogP contribution in [0.2, 0.25) is 0 Å². The van der Waals surface area contributed by atoms with Crippen LogP contribution in [-0.4, -0.2) is 30.2 Å². The zero-order valence-electron chi connectivity index (χ0n) is 14.8. The molecular formula is C19H20BrNO5. The van der Waals surface area contributed by atoms with Crippen LogP contribution in [0.5, 0.6) is 11.5 Å². The van der Waals surface area contributed by atoms with Gasteiger partial charge < -0.3 is 19.9 Å².